The van der Waals surface area contributed by atoms with E-state index >= 15 is 0 Å². The highest BCUT2D eigenvalue weighted by Gasteiger charge is 2.25. The van der Waals surface area contributed by atoms with E-state index in [1.165, 1.54) is 4.57 Å². The van der Waals surface area contributed by atoms with E-state index in [9.17, 15) is 18.0 Å². The van der Waals surface area contributed by atoms with Crippen LogP contribution in [0.5, 0.6) is 0 Å². The zero-order chi connectivity index (χ0) is 12.2. The first-order valence-corrected chi connectivity index (χ1v) is 4.84. The molecular formula is C10H13F3N2O. The predicted octanol–water partition coefficient (Wildman–Crippen LogP) is 1.31. The fourth-order valence-electron chi connectivity index (χ4n) is 1.26. The Labute approximate surface area is 90.9 Å². The Morgan fingerprint density at radius 2 is 2.12 bits per heavy atom. The average molecular weight is 234 g/mol. The number of aryl methyl sites for hydroxylation is 1. The Hall–Kier alpha value is -1.30. The maximum atomic E-state index is 11.8. The highest BCUT2D eigenvalue weighted by Crippen LogP contribution is 2.11. The van der Waals surface area contributed by atoms with Crippen LogP contribution >= 0.6 is 0 Å². The summed E-state index contributed by atoms with van der Waals surface area (Å²) in [6, 6.07) is 3.36. The van der Waals surface area contributed by atoms with Crippen LogP contribution < -0.4 is 10.9 Å². The summed E-state index contributed by atoms with van der Waals surface area (Å²) in [4.78, 5) is 11.5. The fraction of sp³-hybridized carbons (Fsp3) is 0.500. The Bertz CT molecular complexity index is 398. The molecule has 1 aromatic rings. The molecule has 3 nitrogen and oxygen atoms in total. The lowest BCUT2D eigenvalue weighted by Gasteiger charge is -2.09. The van der Waals surface area contributed by atoms with E-state index in [2.05, 4.69) is 5.32 Å². The molecule has 0 fully saturated rings. The van der Waals surface area contributed by atoms with Crippen LogP contribution in [0.4, 0.5) is 13.2 Å². The first-order valence-electron chi connectivity index (χ1n) is 4.84. The van der Waals surface area contributed by atoms with Gasteiger partial charge in [0.1, 0.15) is 0 Å². The van der Waals surface area contributed by atoms with Crippen LogP contribution in [0, 0.1) is 6.92 Å². The van der Waals surface area contributed by atoms with Gasteiger partial charge < -0.3 is 9.88 Å². The topological polar surface area (TPSA) is 34.0 Å². The van der Waals surface area contributed by atoms with Crippen molar-refractivity contribution in [3.8, 4) is 0 Å². The highest BCUT2D eigenvalue weighted by molar-refractivity contribution is 5.07. The van der Waals surface area contributed by atoms with Crippen molar-refractivity contribution in [2.75, 3.05) is 13.1 Å². The standard InChI is InChI=1S/C10H13F3N2O/c1-8-3-2-5-15(9(8)16)6-4-14-7-10(11,12)13/h2-3,5,14H,4,6-7H2,1H3. The van der Waals surface area contributed by atoms with Crippen molar-refractivity contribution in [1.29, 1.82) is 0 Å². The fourth-order valence-corrected chi connectivity index (χ4v) is 1.26. The quantitative estimate of drug-likeness (QED) is 0.797. The van der Waals surface area contributed by atoms with Gasteiger partial charge in [0.05, 0.1) is 6.54 Å². The lowest BCUT2D eigenvalue weighted by atomic mass is 10.3. The molecule has 16 heavy (non-hydrogen) atoms. The Morgan fingerprint density at radius 1 is 1.44 bits per heavy atom. The van der Waals surface area contributed by atoms with Crippen LogP contribution in [0.15, 0.2) is 23.1 Å². The molecule has 0 spiro atoms. The van der Waals surface area contributed by atoms with Crippen LogP contribution in [0.2, 0.25) is 0 Å². The minimum atomic E-state index is -4.21. The molecule has 0 unspecified atom stereocenters. The lowest BCUT2D eigenvalue weighted by molar-refractivity contribution is -0.124. The second kappa shape index (κ2) is 5.16. The molecule has 0 amide bonds. The SMILES string of the molecule is Cc1cccn(CCNCC(F)(F)F)c1=O. The molecule has 0 saturated carbocycles. The third-order valence-corrected chi connectivity index (χ3v) is 2.07. The predicted molar refractivity (Wildman–Crippen MR) is 54.4 cm³/mol. The highest BCUT2D eigenvalue weighted by atomic mass is 19.4. The van der Waals surface area contributed by atoms with Gasteiger partial charge in [0.25, 0.3) is 5.56 Å². The molecule has 0 aliphatic rings. The van der Waals surface area contributed by atoms with Crippen molar-refractivity contribution >= 4 is 0 Å². The zero-order valence-corrected chi connectivity index (χ0v) is 8.84. The van der Waals surface area contributed by atoms with Gasteiger partial charge in [-0.3, -0.25) is 4.79 Å². The molecule has 0 bridgehead atoms. The largest absolute Gasteiger partial charge is 0.401 e. The number of rotatable bonds is 4. The molecule has 90 valence electrons. The first kappa shape index (κ1) is 12.8. The van der Waals surface area contributed by atoms with Gasteiger partial charge in [-0.05, 0) is 13.0 Å². The number of halogens is 3. The third kappa shape index (κ3) is 4.06. The van der Waals surface area contributed by atoms with Crippen LogP contribution in [0.3, 0.4) is 0 Å². The monoisotopic (exact) mass is 234 g/mol. The molecule has 0 saturated heterocycles. The van der Waals surface area contributed by atoms with E-state index in [-0.39, 0.29) is 18.6 Å². The average Bonchev–Trinajstić information content (AvgIpc) is 2.17. The summed E-state index contributed by atoms with van der Waals surface area (Å²) in [5, 5.41) is 2.24. The normalized spacial score (nSPS) is 11.8. The molecule has 1 N–H and O–H groups in total. The maximum absolute atomic E-state index is 11.8. The Balaban J connectivity index is 2.44. The second-order valence-electron chi connectivity index (χ2n) is 3.48. The van der Waals surface area contributed by atoms with Crippen LogP contribution in [0.1, 0.15) is 5.56 Å². The van der Waals surface area contributed by atoms with Gasteiger partial charge in [0.15, 0.2) is 0 Å². The Morgan fingerprint density at radius 3 is 2.75 bits per heavy atom. The van der Waals surface area contributed by atoms with Crippen LogP contribution in [0.25, 0.3) is 0 Å². The maximum Gasteiger partial charge on any atom is 0.401 e. The molecule has 1 heterocycles. The van der Waals surface area contributed by atoms with E-state index < -0.39 is 12.7 Å². The van der Waals surface area contributed by atoms with E-state index in [0.717, 1.165) is 0 Å². The number of hydrogen-bond acceptors (Lipinski definition) is 2. The van der Waals surface area contributed by atoms with Gasteiger partial charge in [0, 0.05) is 24.8 Å². The van der Waals surface area contributed by atoms with Crippen molar-refractivity contribution in [1.82, 2.24) is 9.88 Å². The Kier molecular flexibility index (Phi) is 4.12. The van der Waals surface area contributed by atoms with Gasteiger partial charge in [-0.25, -0.2) is 0 Å². The molecule has 0 aromatic carbocycles. The van der Waals surface area contributed by atoms with E-state index in [4.69, 9.17) is 0 Å². The summed E-state index contributed by atoms with van der Waals surface area (Å²) in [5.74, 6) is 0. The summed E-state index contributed by atoms with van der Waals surface area (Å²) in [6.45, 7) is 0.981. The summed E-state index contributed by atoms with van der Waals surface area (Å²) in [6.07, 6.45) is -2.65. The van der Waals surface area contributed by atoms with Gasteiger partial charge in [-0.1, -0.05) is 6.07 Å². The van der Waals surface area contributed by atoms with Crippen LogP contribution in [-0.2, 0) is 6.54 Å². The number of aromatic nitrogens is 1. The van der Waals surface area contributed by atoms with Crippen LogP contribution in [-0.4, -0.2) is 23.8 Å². The van der Waals surface area contributed by atoms with Crippen molar-refractivity contribution in [2.45, 2.75) is 19.6 Å². The second-order valence-corrected chi connectivity index (χ2v) is 3.48. The lowest BCUT2D eigenvalue weighted by Crippen LogP contribution is -2.33. The molecule has 1 rings (SSSR count). The van der Waals surface area contributed by atoms with Crippen molar-refractivity contribution < 1.29 is 13.2 Å². The third-order valence-electron chi connectivity index (χ3n) is 2.07. The first-order chi connectivity index (χ1) is 7.40. The summed E-state index contributed by atoms with van der Waals surface area (Å²) in [5.41, 5.74) is 0.412. The molecule has 0 atom stereocenters. The number of alkyl halides is 3. The number of nitrogens with one attached hydrogen (secondary N) is 1. The molecule has 0 aliphatic heterocycles. The molecule has 0 aliphatic carbocycles. The van der Waals surface area contributed by atoms with Crippen molar-refractivity contribution in [2.24, 2.45) is 0 Å². The zero-order valence-electron chi connectivity index (χ0n) is 8.84. The molecule has 6 heteroatoms. The number of hydrogen-bond donors (Lipinski definition) is 1. The van der Waals surface area contributed by atoms with Gasteiger partial charge in [-0.15, -0.1) is 0 Å². The molecular weight excluding hydrogens is 221 g/mol. The minimum Gasteiger partial charge on any atom is -0.314 e. The van der Waals surface area contributed by atoms with Gasteiger partial charge in [0.2, 0.25) is 0 Å². The van der Waals surface area contributed by atoms with E-state index in [1.807, 2.05) is 0 Å². The summed E-state index contributed by atoms with van der Waals surface area (Å²) >= 11 is 0. The van der Waals surface area contributed by atoms with Gasteiger partial charge in [-0.2, -0.15) is 13.2 Å². The van der Waals surface area contributed by atoms with E-state index in [0.29, 0.717) is 5.56 Å². The van der Waals surface area contributed by atoms with Crippen molar-refractivity contribution in [3.63, 3.8) is 0 Å². The smallest absolute Gasteiger partial charge is 0.314 e. The van der Waals surface area contributed by atoms with E-state index in [1.54, 1.807) is 25.3 Å². The number of pyridine rings is 1. The summed E-state index contributed by atoms with van der Waals surface area (Å²) < 4.78 is 36.8. The molecule has 1 aromatic heterocycles. The number of nitrogens with zero attached hydrogens (tertiary/aromatic N) is 1. The van der Waals surface area contributed by atoms with Crippen molar-refractivity contribution in [3.05, 3.63) is 34.2 Å². The molecule has 0 radical (unpaired) electrons. The minimum absolute atomic E-state index is 0.114. The summed E-state index contributed by atoms with van der Waals surface area (Å²) in [7, 11) is 0. The van der Waals surface area contributed by atoms with Gasteiger partial charge >= 0.3 is 6.18 Å².